The maximum atomic E-state index is 9.92. The van der Waals surface area contributed by atoms with E-state index < -0.39 is 0 Å². The van der Waals surface area contributed by atoms with E-state index in [4.69, 9.17) is 39.1 Å². The number of anilines is 1. The number of amidine groups is 1. The number of aliphatic imine (C=N–C) groups is 1. The molecule has 27 heavy (non-hydrogen) atoms. The molecule has 0 aliphatic carbocycles. The van der Waals surface area contributed by atoms with E-state index in [9.17, 15) is 5.26 Å². The van der Waals surface area contributed by atoms with Crippen LogP contribution in [0.3, 0.4) is 0 Å². The number of hydrogen-bond acceptors (Lipinski definition) is 4. The maximum Gasteiger partial charge on any atom is 0.110 e. The van der Waals surface area contributed by atoms with Gasteiger partial charge in [-0.25, -0.2) is 0 Å². The predicted octanol–water partition coefficient (Wildman–Crippen LogP) is 4.12. The van der Waals surface area contributed by atoms with Gasteiger partial charge in [-0.3, -0.25) is 0 Å². The zero-order chi connectivity index (χ0) is 19.4. The Balaban J connectivity index is 2.24. The quantitative estimate of drug-likeness (QED) is 0.593. The van der Waals surface area contributed by atoms with Crippen molar-refractivity contribution in [3.05, 3.63) is 44.1 Å². The third kappa shape index (κ3) is 4.09. The van der Waals surface area contributed by atoms with Crippen molar-refractivity contribution >= 4 is 51.7 Å². The molecule has 0 atom stereocenters. The van der Waals surface area contributed by atoms with Crippen LogP contribution < -0.4 is 10.6 Å². The molecule has 2 N–H and O–H groups in total. The average molecular weight is 421 g/mol. The lowest BCUT2D eigenvalue weighted by atomic mass is 10.0. The fourth-order valence-electron chi connectivity index (χ4n) is 2.95. The number of hydrogen-bond donors (Lipinski definition) is 1. The Morgan fingerprint density at radius 2 is 2.19 bits per heavy atom. The van der Waals surface area contributed by atoms with Gasteiger partial charge in [0.1, 0.15) is 11.1 Å². The van der Waals surface area contributed by atoms with E-state index in [2.05, 4.69) is 16.0 Å². The molecule has 0 unspecified atom stereocenters. The minimum absolute atomic E-state index is 0.109. The van der Waals surface area contributed by atoms with Gasteiger partial charge in [0.2, 0.25) is 0 Å². The Morgan fingerprint density at radius 3 is 2.89 bits per heavy atom. The molecule has 1 fully saturated rings. The Hall–Kier alpha value is -2.11. The molecule has 6 nitrogen and oxygen atoms in total. The van der Waals surface area contributed by atoms with Crippen LogP contribution in [0.2, 0.25) is 10.0 Å². The summed E-state index contributed by atoms with van der Waals surface area (Å²) in [6, 6.07) is 7.37. The molecule has 1 aromatic heterocycles. The van der Waals surface area contributed by atoms with Crippen molar-refractivity contribution in [2.45, 2.75) is 6.42 Å². The van der Waals surface area contributed by atoms with Gasteiger partial charge < -0.3 is 25.8 Å². The van der Waals surface area contributed by atoms with Crippen LogP contribution >= 0.6 is 34.5 Å². The molecule has 3 rings (SSSR count). The van der Waals surface area contributed by atoms with Crippen molar-refractivity contribution in [1.82, 2.24) is 0 Å². The molecular weight excluding hydrogens is 405 g/mol. The van der Waals surface area contributed by atoms with E-state index in [1.165, 1.54) is 11.3 Å². The van der Waals surface area contributed by atoms with Gasteiger partial charge >= 0.3 is 0 Å². The van der Waals surface area contributed by atoms with Crippen LogP contribution in [-0.4, -0.2) is 38.5 Å². The molecule has 140 valence electrons. The van der Waals surface area contributed by atoms with Crippen molar-refractivity contribution in [1.29, 1.82) is 5.26 Å². The Morgan fingerprint density at radius 1 is 1.37 bits per heavy atom. The van der Waals surface area contributed by atoms with Crippen LogP contribution in [0.1, 0.15) is 16.9 Å². The first kappa shape index (κ1) is 19.6. The fourth-order valence-corrected chi connectivity index (χ4v) is 4.67. The second-order valence-electron chi connectivity index (χ2n) is 5.81. The molecule has 0 spiro atoms. The van der Waals surface area contributed by atoms with Gasteiger partial charge in [0.25, 0.3) is 0 Å². The molecule has 1 aromatic carbocycles. The first-order valence-corrected chi connectivity index (χ1v) is 9.78. The summed E-state index contributed by atoms with van der Waals surface area (Å²) in [5.74, 6) is 0.109. The standard InChI is InChI=1S/C18H16Cl2N5OS/c19-11-2-3-12(14(20)8-11)15-13(9-21)18(25-4-1-6-26-7-5-25)27-16(15)17(23)24-10-22/h2-3,8,10H,1,4-7H2,(H2-,22,23,24)/q-1. The van der Waals surface area contributed by atoms with E-state index in [1.807, 2.05) is 0 Å². The van der Waals surface area contributed by atoms with Crippen molar-refractivity contribution in [2.24, 2.45) is 10.7 Å². The Labute approximate surface area is 171 Å². The molecule has 0 saturated carbocycles. The molecule has 1 aliphatic rings. The van der Waals surface area contributed by atoms with Crippen LogP contribution in [0.25, 0.3) is 16.5 Å². The fraction of sp³-hybridized carbons (Fsp3) is 0.278. The van der Waals surface area contributed by atoms with E-state index in [0.717, 1.165) is 18.0 Å². The van der Waals surface area contributed by atoms with Crippen molar-refractivity contribution in [3.8, 4) is 17.2 Å². The first-order chi connectivity index (χ1) is 13.1. The molecule has 2 heterocycles. The zero-order valence-corrected chi connectivity index (χ0v) is 16.6. The van der Waals surface area contributed by atoms with Gasteiger partial charge in [-0.05, 0) is 18.6 Å². The summed E-state index contributed by atoms with van der Waals surface area (Å²) in [5, 5.41) is 20.7. The highest BCUT2D eigenvalue weighted by atomic mass is 35.5. The molecule has 1 aliphatic heterocycles. The summed E-state index contributed by atoms with van der Waals surface area (Å²) >= 11 is 13.8. The Kier molecular flexibility index (Phi) is 6.34. The summed E-state index contributed by atoms with van der Waals surface area (Å²) in [6.07, 6.45) is 1.50. The lowest BCUT2D eigenvalue weighted by molar-refractivity contribution is 0.152. The van der Waals surface area contributed by atoms with Crippen LogP contribution in [0, 0.1) is 11.3 Å². The predicted molar refractivity (Wildman–Crippen MR) is 112 cm³/mol. The van der Waals surface area contributed by atoms with Crippen molar-refractivity contribution in [2.75, 3.05) is 31.2 Å². The molecule has 2 aromatic rings. The normalized spacial score (nSPS) is 15.3. The van der Waals surface area contributed by atoms with E-state index in [0.29, 0.717) is 57.7 Å². The van der Waals surface area contributed by atoms with Gasteiger partial charge in [0.15, 0.2) is 0 Å². The number of nitrogens with zero attached hydrogens (tertiary/aromatic N) is 4. The highest BCUT2D eigenvalue weighted by molar-refractivity contribution is 7.19. The lowest BCUT2D eigenvalue weighted by Crippen LogP contribution is -2.25. The maximum absolute atomic E-state index is 9.92. The van der Waals surface area contributed by atoms with Gasteiger partial charge in [-0.1, -0.05) is 29.3 Å². The van der Waals surface area contributed by atoms with Crippen LogP contribution in [0.5, 0.6) is 0 Å². The number of halogens is 2. The number of benzene rings is 1. The number of thiophene rings is 1. The number of rotatable bonds is 4. The minimum Gasteiger partial charge on any atom is -0.472 e. The smallest absolute Gasteiger partial charge is 0.110 e. The molecular formula is C18H16Cl2N5OS-. The summed E-state index contributed by atoms with van der Waals surface area (Å²) in [7, 11) is 0. The highest BCUT2D eigenvalue weighted by Gasteiger charge is 2.26. The number of nitriles is 1. The molecule has 9 heteroatoms. The monoisotopic (exact) mass is 420 g/mol. The van der Waals surface area contributed by atoms with Gasteiger partial charge in [-0.15, -0.1) is 17.7 Å². The third-order valence-electron chi connectivity index (χ3n) is 4.14. The largest absolute Gasteiger partial charge is 0.472 e. The Bertz CT molecular complexity index is 927. The highest BCUT2D eigenvalue weighted by Crippen LogP contribution is 2.44. The zero-order valence-electron chi connectivity index (χ0n) is 14.3. The van der Waals surface area contributed by atoms with Crippen LogP contribution in [0.4, 0.5) is 5.00 Å². The van der Waals surface area contributed by atoms with Crippen LogP contribution in [-0.2, 0) is 4.74 Å². The topological polar surface area (TPSA) is 96.9 Å². The summed E-state index contributed by atoms with van der Waals surface area (Å²) in [5.41, 5.74) is 7.76. The summed E-state index contributed by atoms with van der Waals surface area (Å²) < 4.78 is 5.52. The number of nitrogens with two attached hydrogens (primary N) is 1. The van der Waals surface area contributed by atoms with Gasteiger partial charge in [0, 0.05) is 46.7 Å². The molecule has 1 saturated heterocycles. The molecule has 0 bridgehead atoms. The third-order valence-corrected chi connectivity index (χ3v) is 5.96. The average Bonchev–Trinajstić information content (AvgIpc) is 2.82. The number of ether oxygens (including phenoxy) is 1. The van der Waals surface area contributed by atoms with Crippen molar-refractivity contribution in [3.63, 3.8) is 0 Å². The summed E-state index contributed by atoms with van der Waals surface area (Å²) in [6.45, 7) is 2.72. The SMILES string of the molecule is N#Cc1c(N2CCCOCC2)sc(C(N)=NC=[N-])c1-c1ccc(Cl)cc1Cl. The summed E-state index contributed by atoms with van der Waals surface area (Å²) in [4.78, 5) is 6.48. The lowest BCUT2D eigenvalue weighted by Gasteiger charge is -2.20. The second kappa shape index (κ2) is 8.72. The first-order valence-electron chi connectivity index (χ1n) is 8.21. The van der Waals surface area contributed by atoms with E-state index in [1.54, 1.807) is 18.2 Å². The minimum atomic E-state index is 0.109. The van der Waals surface area contributed by atoms with Gasteiger partial charge in [0.05, 0.1) is 17.0 Å². The van der Waals surface area contributed by atoms with Crippen molar-refractivity contribution < 1.29 is 4.74 Å². The van der Waals surface area contributed by atoms with Gasteiger partial charge in [-0.2, -0.15) is 5.26 Å². The van der Waals surface area contributed by atoms with E-state index >= 15 is 0 Å². The van der Waals surface area contributed by atoms with Crippen LogP contribution in [0.15, 0.2) is 23.2 Å². The molecule has 0 radical (unpaired) electrons. The molecule has 0 amide bonds. The van der Waals surface area contributed by atoms with E-state index in [-0.39, 0.29) is 5.84 Å². The second-order valence-corrected chi connectivity index (χ2v) is 7.65.